The van der Waals surface area contributed by atoms with Gasteiger partial charge in [-0.1, -0.05) is 23.8 Å². The van der Waals surface area contributed by atoms with E-state index in [0.717, 1.165) is 6.26 Å². The highest BCUT2D eigenvalue weighted by Gasteiger charge is 2.03. The van der Waals surface area contributed by atoms with Crippen molar-refractivity contribution in [2.45, 2.75) is 0 Å². The van der Waals surface area contributed by atoms with Crippen LogP contribution in [0, 0.1) is 0 Å². The van der Waals surface area contributed by atoms with E-state index in [4.69, 9.17) is 5.53 Å². The second-order valence-corrected chi connectivity index (χ2v) is 2.31. The monoisotopic (exact) mass is 189 g/mol. The molecule has 0 N–H and O–H groups in total. The molecule has 0 spiro atoms. The van der Waals surface area contributed by atoms with Crippen molar-refractivity contribution in [1.29, 1.82) is 0 Å². The molecular formula is C9H7N3O2. The van der Waals surface area contributed by atoms with E-state index < -0.39 is 5.97 Å². The first-order valence-electron chi connectivity index (χ1n) is 3.75. The molecule has 0 fully saturated rings. The van der Waals surface area contributed by atoms with Crippen LogP contribution in [-0.4, -0.2) is 5.97 Å². The van der Waals surface area contributed by atoms with Crippen molar-refractivity contribution in [3.05, 3.63) is 53.1 Å². The molecule has 0 aliphatic rings. The summed E-state index contributed by atoms with van der Waals surface area (Å²) in [5.41, 5.74) is 8.96. The summed E-state index contributed by atoms with van der Waals surface area (Å²) in [6.07, 6.45) is 1.06. The third kappa shape index (κ3) is 2.36. The van der Waals surface area contributed by atoms with Gasteiger partial charge < -0.3 is 4.74 Å². The number of benzene rings is 1. The van der Waals surface area contributed by atoms with E-state index in [1.807, 2.05) is 0 Å². The lowest BCUT2D eigenvalue weighted by atomic mass is 10.2. The van der Waals surface area contributed by atoms with E-state index in [0.29, 0.717) is 11.3 Å². The van der Waals surface area contributed by atoms with Crippen LogP contribution in [0.4, 0.5) is 5.69 Å². The van der Waals surface area contributed by atoms with Crippen LogP contribution in [0.15, 0.2) is 42.2 Å². The molecule has 0 aliphatic heterocycles. The van der Waals surface area contributed by atoms with Crippen molar-refractivity contribution in [2.75, 3.05) is 0 Å². The molecule has 0 amide bonds. The Labute approximate surface area is 80.2 Å². The van der Waals surface area contributed by atoms with Gasteiger partial charge in [0, 0.05) is 10.6 Å². The fourth-order valence-electron chi connectivity index (χ4n) is 0.860. The quantitative estimate of drug-likeness (QED) is 0.241. The first-order valence-corrected chi connectivity index (χ1v) is 3.75. The summed E-state index contributed by atoms with van der Waals surface area (Å²) in [6, 6.07) is 6.07. The lowest BCUT2D eigenvalue weighted by Crippen LogP contribution is -1.98. The molecule has 0 bridgehead atoms. The van der Waals surface area contributed by atoms with Gasteiger partial charge in [0.1, 0.15) is 0 Å². The van der Waals surface area contributed by atoms with E-state index in [1.54, 1.807) is 0 Å². The van der Waals surface area contributed by atoms with Crippen LogP contribution in [0.1, 0.15) is 10.4 Å². The number of nitrogens with zero attached hydrogens (tertiary/aromatic N) is 3. The average Bonchev–Trinajstić information content (AvgIpc) is 2.20. The summed E-state index contributed by atoms with van der Waals surface area (Å²) in [7, 11) is 0. The van der Waals surface area contributed by atoms with E-state index in [1.165, 1.54) is 24.3 Å². The SMILES string of the molecule is C=COC(=O)c1ccc(N=[N+]=[N-])cc1. The lowest BCUT2D eigenvalue weighted by Gasteiger charge is -1.98. The molecule has 70 valence electrons. The molecule has 0 saturated carbocycles. The van der Waals surface area contributed by atoms with Gasteiger partial charge in [-0.3, -0.25) is 0 Å². The fourth-order valence-corrected chi connectivity index (χ4v) is 0.860. The molecule has 0 aromatic heterocycles. The molecule has 0 aliphatic carbocycles. The largest absolute Gasteiger partial charge is 0.432 e. The zero-order valence-corrected chi connectivity index (χ0v) is 7.25. The number of azide groups is 1. The zero-order chi connectivity index (χ0) is 10.4. The van der Waals surface area contributed by atoms with Crippen LogP contribution >= 0.6 is 0 Å². The molecule has 1 aromatic carbocycles. The van der Waals surface area contributed by atoms with Crippen molar-refractivity contribution >= 4 is 11.7 Å². The standard InChI is InChI=1S/C9H7N3O2/c1-2-14-9(13)7-3-5-8(6-4-7)11-12-10/h2-6H,1H2. The molecular weight excluding hydrogens is 182 g/mol. The van der Waals surface area contributed by atoms with Crippen LogP contribution < -0.4 is 0 Å². The summed E-state index contributed by atoms with van der Waals surface area (Å²) in [5, 5.41) is 3.36. The maximum Gasteiger partial charge on any atom is 0.342 e. The summed E-state index contributed by atoms with van der Waals surface area (Å²) < 4.78 is 4.55. The van der Waals surface area contributed by atoms with Crippen molar-refractivity contribution in [1.82, 2.24) is 0 Å². The molecule has 0 atom stereocenters. The molecule has 14 heavy (non-hydrogen) atoms. The Morgan fingerprint density at radius 2 is 2.14 bits per heavy atom. The minimum Gasteiger partial charge on any atom is -0.432 e. The minimum atomic E-state index is -0.493. The van der Waals surface area contributed by atoms with Crippen molar-refractivity contribution < 1.29 is 9.53 Å². The van der Waals surface area contributed by atoms with E-state index >= 15 is 0 Å². The number of esters is 1. The summed E-state index contributed by atoms with van der Waals surface area (Å²) in [4.78, 5) is 13.7. The Kier molecular flexibility index (Phi) is 3.29. The lowest BCUT2D eigenvalue weighted by molar-refractivity contribution is 0.0664. The van der Waals surface area contributed by atoms with Gasteiger partial charge in [0.05, 0.1) is 11.8 Å². The topological polar surface area (TPSA) is 75.1 Å². The first-order chi connectivity index (χ1) is 6.77. The number of rotatable bonds is 3. The average molecular weight is 189 g/mol. The molecule has 5 heteroatoms. The van der Waals surface area contributed by atoms with Crippen LogP contribution in [0.3, 0.4) is 0 Å². The second-order valence-electron chi connectivity index (χ2n) is 2.31. The van der Waals surface area contributed by atoms with Gasteiger partial charge in [-0.05, 0) is 17.7 Å². The Bertz CT molecular complexity index is 391. The zero-order valence-electron chi connectivity index (χ0n) is 7.25. The fraction of sp³-hybridized carbons (Fsp3) is 0. The molecule has 0 unspecified atom stereocenters. The van der Waals surface area contributed by atoms with E-state index in [2.05, 4.69) is 21.3 Å². The highest BCUT2D eigenvalue weighted by Crippen LogP contribution is 2.13. The van der Waals surface area contributed by atoms with Gasteiger partial charge in [0.25, 0.3) is 0 Å². The number of hydrogen-bond donors (Lipinski definition) is 0. The van der Waals surface area contributed by atoms with Crippen LogP contribution in [-0.2, 0) is 4.74 Å². The number of ether oxygens (including phenoxy) is 1. The Morgan fingerprint density at radius 1 is 1.50 bits per heavy atom. The molecule has 0 heterocycles. The number of carbonyl (C=O) groups excluding carboxylic acids is 1. The Hall–Kier alpha value is -2.26. The molecule has 0 saturated heterocycles. The van der Waals surface area contributed by atoms with Crippen LogP contribution in [0.25, 0.3) is 10.4 Å². The number of carbonyl (C=O) groups is 1. The highest BCUT2D eigenvalue weighted by atomic mass is 16.5. The van der Waals surface area contributed by atoms with Crippen LogP contribution in [0.2, 0.25) is 0 Å². The predicted octanol–water partition coefficient (Wildman–Crippen LogP) is 2.93. The summed E-state index contributed by atoms with van der Waals surface area (Å²) in [6.45, 7) is 3.26. The van der Waals surface area contributed by atoms with Gasteiger partial charge >= 0.3 is 5.97 Å². The smallest absolute Gasteiger partial charge is 0.342 e. The molecule has 1 rings (SSSR count). The van der Waals surface area contributed by atoms with Gasteiger partial charge in [-0.2, -0.15) is 0 Å². The highest BCUT2D eigenvalue weighted by molar-refractivity contribution is 5.90. The van der Waals surface area contributed by atoms with Gasteiger partial charge in [-0.15, -0.1) is 0 Å². The Morgan fingerprint density at radius 3 is 2.64 bits per heavy atom. The third-order valence-electron chi connectivity index (χ3n) is 1.45. The third-order valence-corrected chi connectivity index (χ3v) is 1.45. The van der Waals surface area contributed by atoms with E-state index in [9.17, 15) is 4.79 Å². The normalized spacial score (nSPS) is 8.57. The number of hydrogen-bond acceptors (Lipinski definition) is 3. The van der Waals surface area contributed by atoms with Crippen molar-refractivity contribution in [2.24, 2.45) is 5.11 Å². The molecule has 1 aromatic rings. The maximum absolute atomic E-state index is 11.1. The second kappa shape index (κ2) is 4.69. The van der Waals surface area contributed by atoms with Gasteiger partial charge in [0.2, 0.25) is 0 Å². The molecule has 0 radical (unpaired) electrons. The van der Waals surface area contributed by atoms with Gasteiger partial charge in [-0.25, -0.2) is 4.79 Å². The summed E-state index contributed by atoms with van der Waals surface area (Å²) >= 11 is 0. The van der Waals surface area contributed by atoms with Crippen LogP contribution in [0.5, 0.6) is 0 Å². The van der Waals surface area contributed by atoms with Gasteiger partial charge in [0.15, 0.2) is 0 Å². The molecule has 5 nitrogen and oxygen atoms in total. The maximum atomic E-state index is 11.1. The summed E-state index contributed by atoms with van der Waals surface area (Å²) in [5.74, 6) is -0.493. The van der Waals surface area contributed by atoms with Crippen molar-refractivity contribution in [3.8, 4) is 0 Å². The predicted molar refractivity (Wildman–Crippen MR) is 50.9 cm³/mol. The van der Waals surface area contributed by atoms with E-state index in [-0.39, 0.29) is 0 Å². The minimum absolute atomic E-state index is 0.377. The van der Waals surface area contributed by atoms with Crippen molar-refractivity contribution in [3.63, 3.8) is 0 Å². The first kappa shape index (κ1) is 9.83. The Balaban J connectivity index is 2.87.